The minimum Gasteiger partial charge on any atom is -0.342 e. The van der Waals surface area contributed by atoms with Crippen molar-refractivity contribution >= 4 is 29.3 Å². The maximum Gasteiger partial charge on any atom is 0.234 e. The molecule has 0 saturated carbocycles. The highest BCUT2D eigenvalue weighted by Crippen LogP contribution is 2.23. The van der Waals surface area contributed by atoms with E-state index in [0.29, 0.717) is 11.5 Å². The molecule has 0 atom stereocenters. The van der Waals surface area contributed by atoms with Gasteiger partial charge in [-0.1, -0.05) is 32.9 Å². The normalized spacial score (nSPS) is 15.2. The molecule has 1 fully saturated rings. The van der Waals surface area contributed by atoms with Crippen LogP contribution in [-0.4, -0.2) is 41.3 Å². The lowest BCUT2D eigenvalue weighted by Crippen LogP contribution is -2.37. The van der Waals surface area contributed by atoms with E-state index in [1.807, 2.05) is 29.2 Å². The number of nitrogens with zero attached hydrogens (tertiary/aromatic N) is 1. The van der Waals surface area contributed by atoms with Crippen molar-refractivity contribution in [1.82, 2.24) is 4.90 Å². The first-order valence-corrected chi connectivity index (χ1v) is 9.77. The van der Waals surface area contributed by atoms with Gasteiger partial charge >= 0.3 is 0 Å². The number of carbonyl (C=O) groups excluding carboxylic acids is 2. The van der Waals surface area contributed by atoms with Crippen LogP contribution in [0.15, 0.2) is 24.3 Å². The molecule has 1 aromatic carbocycles. The zero-order chi connectivity index (χ0) is 17.6. The molecule has 1 aliphatic heterocycles. The van der Waals surface area contributed by atoms with E-state index in [4.69, 9.17) is 0 Å². The quantitative estimate of drug-likeness (QED) is 0.883. The molecule has 0 bridgehead atoms. The SMILES string of the molecule is CC(C)(C)c1ccc(NC(=O)CSCC(=O)N2CCCCC2)cc1. The number of nitrogens with one attached hydrogen (secondary N) is 1. The Balaban J connectivity index is 1.72. The van der Waals surface area contributed by atoms with Crippen LogP contribution in [0, 0.1) is 0 Å². The van der Waals surface area contributed by atoms with Crippen molar-refractivity contribution in [3.63, 3.8) is 0 Å². The number of hydrogen-bond donors (Lipinski definition) is 1. The van der Waals surface area contributed by atoms with E-state index >= 15 is 0 Å². The minimum atomic E-state index is -0.0602. The number of thioether (sulfide) groups is 1. The molecule has 1 aromatic rings. The summed E-state index contributed by atoms with van der Waals surface area (Å²) >= 11 is 1.39. The van der Waals surface area contributed by atoms with E-state index in [1.54, 1.807) is 0 Å². The number of likely N-dealkylation sites (tertiary alicyclic amines) is 1. The summed E-state index contributed by atoms with van der Waals surface area (Å²) in [6.07, 6.45) is 3.41. The molecule has 0 radical (unpaired) electrons. The van der Waals surface area contributed by atoms with E-state index in [1.165, 1.54) is 23.7 Å². The topological polar surface area (TPSA) is 49.4 Å². The fourth-order valence-electron chi connectivity index (χ4n) is 2.72. The van der Waals surface area contributed by atoms with E-state index in [-0.39, 0.29) is 17.2 Å². The lowest BCUT2D eigenvalue weighted by atomic mass is 9.87. The van der Waals surface area contributed by atoms with Crippen molar-refractivity contribution in [2.24, 2.45) is 0 Å². The van der Waals surface area contributed by atoms with Crippen LogP contribution in [0.2, 0.25) is 0 Å². The minimum absolute atomic E-state index is 0.0602. The van der Waals surface area contributed by atoms with Gasteiger partial charge in [0.1, 0.15) is 0 Å². The van der Waals surface area contributed by atoms with Crippen LogP contribution in [0.3, 0.4) is 0 Å². The summed E-state index contributed by atoms with van der Waals surface area (Å²) in [7, 11) is 0. The fraction of sp³-hybridized carbons (Fsp3) is 0.579. The van der Waals surface area contributed by atoms with Gasteiger partial charge in [-0.05, 0) is 42.4 Å². The van der Waals surface area contributed by atoms with Crippen molar-refractivity contribution in [3.8, 4) is 0 Å². The number of hydrogen-bond acceptors (Lipinski definition) is 3. The average molecular weight is 349 g/mol. The molecule has 1 saturated heterocycles. The highest BCUT2D eigenvalue weighted by Gasteiger charge is 2.17. The Kier molecular flexibility index (Phi) is 6.72. The number of anilines is 1. The Morgan fingerprint density at radius 2 is 1.67 bits per heavy atom. The molecule has 4 nitrogen and oxygen atoms in total. The molecule has 5 heteroatoms. The third-order valence-electron chi connectivity index (χ3n) is 4.20. The molecule has 132 valence electrons. The molecule has 0 aromatic heterocycles. The molecule has 2 rings (SSSR count). The third kappa shape index (κ3) is 5.86. The first-order valence-electron chi connectivity index (χ1n) is 8.62. The highest BCUT2D eigenvalue weighted by molar-refractivity contribution is 8.00. The van der Waals surface area contributed by atoms with Crippen LogP contribution in [0.25, 0.3) is 0 Å². The number of amides is 2. The Morgan fingerprint density at radius 1 is 1.04 bits per heavy atom. The number of piperidine rings is 1. The van der Waals surface area contributed by atoms with Crippen LogP contribution in [0.1, 0.15) is 45.6 Å². The molecule has 1 N–H and O–H groups in total. The van der Waals surface area contributed by atoms with Crippen molar-refractivity contribution < 1.29 is 9.59 Å². The highest BCUT2D eigenvalue weighted by atomic mass is 32.2. The number of benzene rings is 1. The molecule has 1 heterocycles. The molecular weight excluding hydrogens is 320 g/mol. The maximum absolute atomic E-state index is 12.0. The smallest absolute Gasteiger partial charge is 0.234 e. The molecule has 0 unspecified atom stereocenters. The third-order valence-corrected chi connectivity index (χ3v) is 5.12. The Labute approximate surface area is 149 Å². The van der Waals surface area contributed by atoms with Gasteiger partial charge in [-0.15, -0.1) is 11.8 Å². The molecule has 24 heavy (non-hydrogen) atoms. The van der Waals surface area contributed by atoms with Crippen molar-refractivity contribution in [1.29, 1.82) is 0 Å². The van der Waals surface area contributed by atoms with Gasteiger partial charge in [0.05, 0.1) is 11.5 Å². The van der Waals surface area contributed by atoms with Gasteiger partial charge in [0.25, 0.3) is 0 Å². The molecule has 0 spiro atoms. The fourth-order valence-corrected chi connectivity index (χ4v) is 3.43. The standard InChI is InChI=1S/C19H28N2O2S/c1-19(2,3)15-7-9-16(10-8-15)20-17(22)13-24-14-18(23)21-11-5-4-6-12-21/h7-10H,4-6,11-14H2,1-3H3,(H,20,22). The van der Waals surface area contributed by atoms with E-state index in [0.717, 1.165) is 31.6 Å². The second-order valence-electron chi connectivity index (χ2n) is 7.31. The second kappa shape index (κ2) is 8.56. The first-order chi connectivity index (χ1) is 11.4. The predicted molar refractivity (Wildman–Crippen MR) is 102 cm³/mol. The van der Waals surface area contributed by atoms with Gasteiger partial charge in [0.2, 0.25) is 11.8 Å². The molecule has 0 aliphatic carbocycles. The average Bonchev–Trinajstić information content (AvgIpc) is 2.55. The summed E-state index contributed by atoms with van der Waals surface area (Å²) in [5, 5.41) is 2.89. The lowest BCUT2D eigenvalue weighted by Gasteiger charge is -2.26. The molecular formula is C19H28N2O2S. The zero-order valence-electron chi connectivity index (χ0n) is 14.9. The van der Waals surface area contributed by atoms with Crippen LogP contribution in [-0.2, 0) is 15.0 Å². The van der Waals surface area contributed by atoms with Crippen LogP contribution in [0.5, 0.6) is 0 Å². The van der Waals surface area contributed by atoms with Gasteiger partial charge in [-0.3, -0.25) is 9.59 Å². The van der Waals surface area contributed by atoms with Gasteiger partial charge in [-0.2, -0.15) is 0 Å². The number of rotatable bonds is 5. The Hall–Kier alpha value is -1.49. The summed E-state index contributed by atoms with van der Waals surface area (Å²) < 4.78 is 0. The van der Waals surface area contributed by atoms with Gasteiger partial charge < -0.3 is 10.2 Å². The summed E-state index contributed by atoms with van der Waals surface area (Å²) in [6.45, 7) is 8.22. The van der Waals surface area contributed by atoms with Crippen LogP contribution >= 0.6 is 11.8 Å². The van der Waals surface area contributed by atoms with E-state index in [2.05, 4.69) is 26.1 Å². The Morgan fingerprint density at radius 3 is 2.25 bits per heavy atom. The van der Waals surface area contributed by atoms with Crippen LogP contribution in [0.4, 0.5) is 5.69 Å². The Bertz CT molecular complexity index is 558. The van der Waals surface area contributed by atoms with E-state index in [9.17, 15) is 9.59 Å². The van der Waals surface area contributed by atoms with E-state index < -0.39 is 0 Å². The van der Waals surface area contributed by atoms with Crippen molar-refractivity contribution in [2.45, 2.75) is 45.4 Å². The van der Waals surface area contributed by atoms with Crippen LogP contribution < -0.4 is 5.32 Å². The monoisotopic (exact) mass is 348 g/mol. The van der Waals surface area contributed by atoms with Crippen molar-refractivity contribution in [2.75, 3.05) is 29.9 Å². The maximum atomic E-state index is 12.0. The lowest BCUT2D eigenvalue weighted by molar-refractivity contribution is -0.129. The van der Waals surface area contributed by atoms with Crippen molar-refractivity contribution in [3.05, 3.63) is 29.8 Å². The summed E-state index contributed by atoms with van der Waals surface area (Å²) in [4.78, 5) is 26.0. The summed E-state index contributed by atoms with van der Waals surface area (Å²) in [5.74, 6) is 0.786. The largest absolute Gasteiger partial charge is 0.342 e. The zero-order valence-corrected chi connectivity index (χ0v) is 15.7. The first kappa shape index (κ1) is 18.8. The second-order valence-corrected chi connectivity index (χ2v) is 8.30. The van der Waals surface area contributed by atoms with Gasteiger partial charge in [0, 0.05) is 18.8 Å². The number of carbonyl (C=O) groups is 2. The summed E-state index contributed by atoms with van der Waals surface area (Å²) in [6, 6.07) is 7.95. The van der Waals surface area contributed by atoms with Gasteiger partial charge in [-0.25, -0.2) is 0 Å². The van der Waals surface area contributed by atoms with Gasteiger partial charge in [0.15, 0.2) is 0 Å². The molecule has 1 aliphatic rings. The molecule has 2 amide bonds. The summed E-state index contributed by atoms with van der Waals surface area (Å²) in [5.41, 5.74) is 2.14. The predicted octanol–water partition coefficient (Wildman–Crippen LogP) is 3.67.